The molecule has 6 N–H and O–H groups in total. The van der Waals surface area contributed by atoms with Crippen molar-refractivity contribution in [1.82, 2.24) is 5.32 Å². The number of hydrogen-bond acceptors (Lipinski definition) is 10. The van der Waals surface area contributed by atoms with Crippen LogP contribution < -0.4 is 11.1 Å². The fourth-order valence-electron chi connectivity index (χ4n) is 2.67. The molecule has 0 radical (unpaired) electrons. The van der Waals surface area contributed by atoms with Crippen LogP contribution in [-0.4, -0.2) is 65.4 Å². The summed E-state index contributed by atoms with van der Waals surface area (Å²) in [7, 11) is 2.30. The second-order valence-electron chi connectivity index (χ2n) is 8.50. The van der Waals surface area contributed by atoms with Gasteiger partial charge in [-0.2, -0.15) is 9.59 Å². The number of esters is 1. The van der Waals surface area contributed by atoms with Crippen molar-refractivity contribution in [3.8, 4) is 11.5 Å². The molecule has 2 aromatic carbocycles. The smallest absolute Gasteiger partial charge is 0.407 e. The Morgan fingerprint density at radius 1 is 0.921 bits per heavy atom. The first-order chi connectivity index (χ1) is 17.3. The van der Waals surface area contributed by atoms with Gasteiger partial charge < -0.3 is 35.8 Å². The van der Waals surface area contributed by atoms with E-state index >= 15 is 0 Å². The van der Waals surface area contributed by atoms with Crippen molar-refractivity contribution >= 4 is 18.2 Å². The van der Waals surface area contributed by atoms with Gasteiger partial charge in [0.2, 0.25) is 0 Å². The molecule has 0 aliphatic carbocycles. The standard InChI is InChI=1S/C14H21NO3.C10H13NO3.CO2.CH4O.CH4/c1-10(15-13(17)18-14(2,3)4)9-11-5-7-12(16)8-6-11;1-14-10(13)9(11)6-7-2-4-8(12)5-3-7;2-1-3;1-2;/h5-8,10,16H,9H2,1-4H3,(H,15,17);2-5,9,12H,6,11H2,1H3;;2H,1H3;1H4. The fourth-order valence-corrected chi connectivity index (χ4v) is 2.67. The molecule has 2 aromatic rings. The molecule has 2 rings (SSSR count). The van der Waals surface area contributed by atoms with Gasteiger partial charge in [-0.05, 0) is 75.9 Å². The number of alkyl carbamates (subject to hydrolysis) is 1. The number of carbonyl (C=O) groups is 2. The van der Waals surface area contributed by atoms with E-state index in [9.17, 15) is 14.7 Å². The van der Waals surface area contributed by atoms with Crippen LogP contribution in [0.2, 0.25) is 0 Å². The number of ether oxygens (including phenoxy) is 2. The van der Waals surface area contributed by atoms with Crippen LogP contribution >= 0.6 is 0 Å². The number of hydrogen-bond donors (Lipinski definition) is 5. The molecule has 0 bridgehead atoms. The zero-order valence-electron chi connectivity index (χ0n) is 22.1. The van der Waals surface area contributed by atoms with Gasteiger partial charge in [0.25, 0.3) is 0 Å². The number of methoxy groups -OCH3 is 1. The second-order valence-corrected chi connectivity index (χ2v) is 8.50. The monoisotopic (exact) mass is 538 g/mol. The first-order valence-electron chi connectivity index (χ1n) is 11.1. The lowest BCUT2D eigenvalue weighted by atomic mass is 10.1. The van der Waals surface area contributed by atoms with E-state index in [4.69, 9.17) is 30.3 Å². The van der Waals surface area contributed by atoms with E-state index in [1.807, 2.05) is 39.8 Å². The Labute approximate surface area is 224 Å². The number of nitrogens with two attached hydrogens (primary N) is 1. The van der Waals surface area contributed by atoms with E-state index in [0.717, 1.165) is 18.2 Å². The Morgan fingerprint density at radius 2 is 1.29 bits per heavy atom. The molecule has 1 amide bonds. The maximum absolute atomic E-state index is 11.5. The Bertz CT molecular complexity index is 935. The number of aromatic hydroxyl groups is 2. The average Bonchev–Trinajstić information content (AvgIpc) is 2.82. The van der Waals surface area contributed by atoms with Crippen molar-refractivity contribution < 1.29 is 44.0 Å². The minimum atomic E-state index is -0.649. The normalized spacial score (nSPS) is 10.9. The Hall–Kier alpha value is -3.92. The molecule has 2 atom stereocenters. The van der Waals surface area contributed by atoms with Crippen LogP contribution in [-0.2, 0) is 36.7 Å². The minimum absolute atomic E-state index is 0. The minimum Gasteiger partial charge on any atom is -0.508 e. The van der Waals surface area contributed by atoms with Crippen LogP contribution in [0.5, 0.6) is 11.5 Å². The largest absolute Gasteiger partial charge is 0.508 e. The van der Waals surface area contributed by atoms with Crippen molar-refractivity contribution in [1.29, 1.82) is 0 Å². The van der Waals surface area contributed by atoms with E-state index in [1.165, 1.54) is 7.11 Å². The summed E-state index contributed by atoms with van der Waals surface area (Å²) in [5, 5.41) is 28.0. The molecular formula is C27H42N2O9. The molecule has 0 heterocycles. The van der Waals surface area contributed by atoms with Gasteiger partial charge in [0.05, 0.1) is 7.11 Å². The van der Waals surface area contributed by atoms with E-state index < -0.39 is 23.7 Å². The zero-order chi connectivity index (χ0) is 29.0. The summed E-state index contributed by atoms with van der Waals surface area (Å²) in [5.74, 6) is 0.00460. The third-order valence-corrected chi connectivity index (χ3v) is 4.14. The summed E-state index contributed by atoms with van der Waals surface area (Å²) in [5.41, 5.74) is 7.02. The third-order valence-electron chi connectivity index (χ3n) is 4.14. The van der Waals surface area contributed by atoms with Gasteiger partial charge >= 0.3 is 18.2 Å². The predicted molar refractivity (Wildman–Crippen MR) is 142 cm³/mol. The van der Waals surface area contributed by atoms with Gasteiger partial charge in [-0.1, -0.05) is 31.7 Å². The molecule has 11 heteroatoms. The Balaban J connectivity index is -0.000000549. The lowest BCUT2D eigenvalue weighted by Crippen LogP contribution is -2.38. The second kappa shape index (κ2) is 21.2. The highest BCUT2D eigenvalue weighted by Crippen LogP contribution is 2.12. The lowest BCUT2D eigenvalue weighted by Gasteiger charge is -2.22. The van der Waals surface area contributed by atoms with Crippen molar-refractivity contribution in [3.05, 3.63) is 59.7 Å². The number of benzene rings is 2. The quantitative estimate of drug-likeness (QED) is 0.342. The highest BCUT2D eigenvalue weighted by molar-refractivity contribution is 5.75. The highest BCUT2D eigenvalue weighted by Gasteiger charge is 2.17. The first-order valence-corrected chi connectivity index (χ1v) is 11.1. The van der Waals surface area contributed by atoms with Gasteiger partial charge in [-0.15, -0.1) is 0 Å². The molecule has 0 spiro atoms. The van der Waals surface area contributed by atoms with Crippen molar-refractivity contribution in [2.24, 2.45) is 5.73 Å². The molecule has 2 unspecified atom stereocenters. The van der Waals surface area contributed by atoms with Crippen LogP contribution in [0.25, 0.3) is 0 Å². The molecule has 214 valence electrons. The van der Waals surface area contributed by atoms with Crippen molar-refractivity contribution in [2.45, 2.75) is 65.6 Å². The van der Waals surface area contributed by atoms with Gasteiger partial charge in [-0.25, -0.2) is 4.79 Å². The van der Waals surface area contributed by atoms with E-state index in [1.54, 1.807) is 36.4 Å². The average molecular weight is 539 g/mol. The SMILES string of the molecule is C.CC(Cc1ccc(O)cc1)NC(=O)OC(C)(C)C.CO.COC(=O)C(N)Cc1ccc(O)cc1.O=C=O. The predicted octanol–water partition coefficient (Wildman–Crippen LogP) is 2.94. The number of carbonyl (C=O) groups excluding carboxylic acids is 4. The van der Waals surface area contributed by atoms with Crippen LogP contribution in [0.1, 0.15) is 46.2 Å². The summed E-state index contributed by atoms with van der Waals surface area (Å²) < 4.78 is 9.67. The summed E-state index contributed by atoms with van der Waals surface area (Å²) in [6.07, 6.45) is 0.945. The first kappa shape index (κ1) is 38.6. The fraction of sp³-hybridized carbons (Fsp3) is 0.444. The summed E-state index contributed by atoms with van der Waals surface area (Å²) in [6, 6.07) is 12.8. The van der Waals surface area contributed by atoms with Crippen LogP contribution in [0, 0.1) is 0 Å². The maximum Gasteiger partial charge on any atom is 0.407 e. The van der Waals surface area contributed by atoms with E-state index in [-0.39, 0.29) is 31.1 Å². The number of phenolic OH excluding ortho intramolecular Hbond substituents is 2. The number of rotatable bonds is 6. The number of amides is 1. The van der Waals surface area contributed by atoms with Gasteiger partial charge in [0, 0.05) is 13.2 Å². The van der Waals surface area contributed by atoms with E-state index in [2.05, 4.69) is 10.1 Å². The van der Waals surface area contributed by atoms with Gasteiger partial charge in [0.1, 0.15) is 23.1 Å². The molecular weight excluding hydrogens is 496 g/mol. The molecule has 0 aromatic heterocycles. The number of nitrogens with one attached hydrogen (secondary N) is 1. The van der Waals surface area contributed by atoms with Crippen molar-refractivity contribution in [2.75, 3.05) is 14.2 Å². The highest BCUT2D eigenvalue weighted by atomic mass is 16.6. The topological polar surface area (TPSA) is 185 Å². The molecule has 0 aliphatic rings. The zero-order valence-corrected chi connectivity index (χ0v) is 22.1. The van der Waals surface area contributed by atoms with Crippen LogP contribution in [0.4, 0.5) is 4.79 Å². The van der Waals surface area contributed by atoms with Crippen LogP contribution in [0.3, 0.4) is 0 Å². The Kier molecular flexibility index (Phi) is 21.5. The number of aliphatic hydroxyl groups excluding tert-OH is 1. The molecule has 38 heavy (non-hydrogen) atoms. The molecule has 11 nitrogen and oxygen atoms in total. The lowest BCUT2D eigenvalue weighted by molar-refractivity contribution is -0.191. The number of aliphatic hydroxyl groups is 1. The summed E-state index contributed by atoms with van der Waals surface area (Å²) in [6.45, 7) is 7.41. The summed E-state index contributed by atoms with van der Waals surface area (Å²) in [4.78, 5) is 38.8. The maximum atomic E-state index is 11.5. The summed E-state index contributed by atoms with van der Waals surface area (Å²) >= 11 is 0. The molecule has 0 aliphatic heterocycles. The van der Waals surface area contributed by atoms with Gasteiger partial charge in [0.15, 0.2) is 0 Å². The van der Waals surface area contributed by atoms with Crippen molar-refractivity contribution in [3.63, 3.8) is 0 Å². The molecule has 0 saturated carbocycles. The Morgan fingerprint density at radius 3 is 1.63 bits per heavy atom. The molecule has 0 saturated heterocycles. The molecule has 0 fully saturated rings. The van der Waals surface area contributed by atoms with Crippen LogP contribution in [0.15, 0.2) is 48.5 Å². The third kappa shape index (κ3) is 20.3. The number of phenols is 2. The van der Waals surface area contributed by atoms with Gasteiger partial charge in [-0.3, -0.25) is 4.79 Å². The van der Waals surface area contributed by atoms with E-state index in [0.29, 0.717) is 12.8 Å².